The zero-order valence-corrected chi connectivity index (χ0v) is 22.1. The molecule has 5 rings (SSSR count). The summed E-state index contributed by atoms with van der Waals surface area (Å²) in [5.41, 5.74) is 1.94. The van der Waals surface area contributed by atoms with E-state index in [2.05, 4.69) is 12.2 Å². The summed E-state index contributed by atoms with van der Waals surface area (Å²) in [5.74, 6) is -0.0577. The van der Waals surface area contributed by atoms with Crippen molar-refractivity contribution in [3.05, 3.63) is 59.9 Å². The SMILES string of the molecule is Cc1ccc(S(=O)(=O)N2CCC(C(=O)Nc3c(C(=O)N4CCC(C)CC4)oc4ccccc34)CC2)cc1. The Morgan fingerprint density at radius 2 is 1.57 bits per heavy atom. The van der Waals surface area contributed by atoms with Gasteiger partial charge in [0.05, 0.1) is 4.90 Å². The van der Waals surface area contributed by atoms with Crippen LogP contribution in [0.25, 0.3) is 11.0 Å². The first kappa shape index (κ1) is 25.5. The number of fused-ring (bicyclic) bond motifs is 1. The Labute approximate surface area is 217 Å². The molecule has 1 aromatic heterocycles. The predicted molar refractivity (Wildman–Crippen MR) is 142 cm³/mol. The van der Waals surface area contributed by atoms with Gasteiger partial charge in [0.15, 0.2) is 0 Å². The van der Waals surface area contributed by atoms with E-state index in [0.717, 1.165) is 18.4 Å². The molecule has 2 amide bonds. The molecule has 2 fully saturated rings. The molecule has 3 aromatic rings. The Morgan fingerprint density at radius 3 is 2.24 bits per heavy atom. The number of carbonyl (C=O) groups excluding carboxylic acids is 2. The Bertz CT molecular complexity index is 1400. The highest BCUT2D eigenvalue weighted by molar-refractivity contribution is 7.89. The van der Waals surface area contributed by atoms with Crippen LogP contribution in [0.3, 0.4) is 0 Å². The van der Waals surface area contributed by atoms with Crippen LogP contribution < -0.4 is 5.32 Å². The predicted octanol–water partition coefficient (Wildman–Crippen LogP) is 4.65. The lowest BCUT2D eigenvalue weighted by molar-refractivity contribution is -0.120. The molecule has 0 saturated carbocycles. The monoisotopic (exact) mass is 523 g/mol. The standard InChI is InChI=1S/C28H33N3O5S/c1-19-7-9-22(10-8-19)37(34,35)31-17-13-21(14-18-31)27(32)29-25-23-5-3-4-6-24(23)36-26(25)28(33)30-15-11-20(2)12-16-30/h3-10,20-21H,11-18H2,1-2H3,(H,29,32). The van der Waals surface area contributed by atoms with Crippen LogP contribution in [0.1, 0.15) is 48.7 Å². The van der Waals surface area contributed by atoms with E-state index in [1.54, 1.807) is 35.2 Å². The molecule has 3 heterocycles. The van der Waals surface area contributed by atoms with Gasteiger partial charge < -0.3 is 14.6 Å². The molecule has 37 heavy (non-hydrogen) atoms. The summed E-state index contributed by atoms with van der Waals surface area (Å²) in [4.78, 5) is 28.8. The molecule has 2 aliphatic heterocycles. The highest BCUT2D eigenvalue weighted by Crippen LogP contribution is 2.34. The minimum Gasteiger partial charge on any atom is -0.449 e. The van der Waals surface area contributed by atoms with E-state index in [0.29, 0.717) is 48.5 Å². The molecule has 0 spiro atoms. The molecule has 1 N–H and O–H groups in total. The summed E-state index contributed by atoms with van der Waals surface area (Å²) < 4.78 is 33.5. The maximum atomic E-state index is 13.4. The summed E-state index contributed by atoms with van der Waals surface area (Å²) in [6, 6.07) is 14.1. The topological polar surface area (TPSA) is 99.9 Å². The van der Waals surface area contributed by atoms with E-state index >= 15 is 0 Å². The van der Waals surface area contributed by atoms with E-state index in [1.165, 1.54) is 4.31 Å². The normalized spacial score (nSPS) is 18.3. The van der Waals surface area contributed by atoms with Crippen LogP contribution in [-0.4, -0.2) is 55.6 Å². The zero-order valence-electron chi connectivity index (χ0n) is 21.3. The average molecular weight is 524 g/mol. The number of sulfonamides is 1. The second-order valence-corrected chi connectivity index (χ2v) is 12.2. The highest BCUT2D eigenvalue weighted by atomic mass is 32.2. The summed E-state index contributed by atoms with van der Waals surface area (Å²) >= 11 is 0. The number of piperidine rings is 2. The highest BCUT2D eigenvalue weighted by Gasteiger charge is 2.34. The van der Waals surface area contributed by atoms with Gasteiger partial charge >= 0.3 is 0 Å². The number of anilines is 1. The fourth-order valence-corrected chi connectivity index (χ4v) is 6.59. The Kier molecular flexibility index (Phi) is 7.09. The average Bonchev–Trinajstić information content (AvgIpc) is 3.27. The van der Waals surface area contributed by atoms with Gasteiger partial charge in [-0.05, 0) is 62.8 Å². The van der Waals surface area contributed by atoms with E-state index in [1.807, 2.05) is 25.1 Å². The van der Waals surface area contributed by atoms with E-state index in [-0.39, 0.29) is 41.5 Å². The van der Waals surface area contributed by atoms with Gasteiger partial charge in [0, 0.05) is 37.5 Å². The van der Waals surface area contributed by atoms with Crippen LogP contribution in [0.15, 0.2) is 57.8 Å². The largest absolute Gasteiger partial charge is 0.449 e. The maximum absolute atomic E-state index is 13.4. The lowest BCUT2D eigenvalue weighted by atomic mass is 9.97. The van der Waals surface area contributed by atoms with Gasteiger partial charge in [0.1, 0.15) is 11.3 Å². The second kappa shape index (κ2) is 10.3. The molecule has 0 unspecified atom stereocenters. The van der Waals surface area contributed by atoms with Gasteiger partial charge in [-0.25, -0.2) is 8.42 Å². The number of para-hydroxylation sites is 1. The van der Waals surface area contributed by atoms with Crippen molar-refractivity contribution in [1.82, 2.24) is 9.21 Å². The van der Waals surface area contributed by atoms with Crippen molar-refractivity contribution < 1.29 is 22.4 Å². The molecule has 2 aromatic carbocycles. The third-order valence-electron chi connectivity index (χ3n) is 7.59. The van der Waals surface area contributed by atoms with Crippen molar-refractivity contribution in [2.75, 3.05) is 31.5 Å². The number of furan rings is 1. The number of aryl methyl sites for hydroxylation is 1. The third kappa shape index (κ3) is 5.15. The first-order valence-corrected chi connectivity index (χ1v) is 14.4. The number of likely N-dealkylation sites (tertiary alicyclic amines) is 1. The molecule has 196 valence electrons. The molecule has 2 aliphatic rings. The number of nitrogens with one attached hydrogen (secondary N) is 1. The first-order chi connectivity index (χ1) is 17.7. The molecule has 9 heteroatoms. The fraction of sp³-hybridized carbons (Fsp3) is 0.429. The molecule has 0 bridgehead atoms. The van der Waals surface area contributed by atoms with Crippen molar-refractivity contribution in [3.63, 3.8) is 0 Å². The van der Waals surface area contributed by atoms with Crippen LogP contribution in [-0.2, 0) is 14.8 Å². The number of carbonyl (C=O) groups is 2. The lowest BCUT2D eigenvalue weighted by Crippen LogP contribution is -2.41. The maximum Gasteiger partial charge on any atom is 0.291 e. The van der Waals surface area contributed by atoms with E-state index in [4.69, 9.17) is 4.42 Å². The van der Waals surface area contributed by atoms with E-state index < -0.39 is 10.0 Å². The minimum atomic E-state index is -3.60. The third-order valence-corrected chi connectivity index (χ3v) is 9.51. The van der Waals surface area contributed by atoms with Crippen molar-refractivity contribution in [3.8, 4) is 0 Å². The molecule has 8 nitrogen and oxygen atoms in total. The van der Waals surface area contributed by atoms with Gasteiger partial charge in [0.25, 0.3) is 5.91 Å². The van der Waals surface area contributed by atoms with Crippen molar-refractivity contribution >= 4 is 38.5 Å². The Morgan fingerprint density at radius 1 is 0.919 bits per heavy atom. The number of nitrogens with zero attached hydrogens (tertiary/aromatic N) is 2. The van der Waals surface area contributed by atoms with Crippen LogP contribution in [0.5, 0.6) is 0 Å². The molecule has 0 radical (unpaired) electrons. The van der Waals surface area contributed by atoms with Crippen molar-refractivity contribution in [2.45, 2.75) is 44.4 Å². The van der Waals surface area contributed by atoms with Crippen LogP contribution >= 0.6 is 0 Å². The molecule has 0 aliphatic carbocycles. The van der Waals surface area contributed by atoms with Crippen LogP contribution in [0.2, 0.25) is 0 Å². The fourth-order valence-electron chi connectivity index (χ4n) is 5.12. The first-order valence-electron chi connectivity index (χ1n) is 12.9. The summed E-state index contributed by atoms with van der Waals surface area (Å²) in [6.07, 6.45) is 2.69. The lowest BCUT2D eigenvalue weighted by Gasteiger charge is -2.31. The number of benzene rings is 2. The van der Waals surface area contributed by atoms with Gasteiger partial charge in [-0.2, -0.15) is 4.31 Å². The van der Waals surface area contributed by atoms with Gasteiger partial charge in [-0.1, -0.05) is 36.8 Å². The van der Waals surface area contributed by atoms with Crippen LogP contribution in [0, 0.1) is 18.8 Å². The summed E-state index contributed by atoms with van der Waals surface area (Å²) in [7, 11) is -3.60. The molecular formula is C28H33N3O5S. The molecule has 2 saturated heterocycles. The summed E-state index contributed by atoms with van der Waals surface area (Å²) in [6.45, 7) is 5.95. The Balaban J connectivity index is 1.30. The number of rotatable bonds is 5. The van der Waals surface area contributed by atoms with E-state index in [9.17, 15) is 18.0 Å². The summed E-state index contributed by atoms with van der Waals surface area (Å²) in [5, 5.41) is 3.66. The molecular weight excluding hydrogens is 490 g/mol. The number of hydrogen-bond acceptors (Lipinski definition) is 5. The van der Waals surface area contributed by atoms with Crippen molar-refractivity contribution in [1.29, 1.82) is 0 Å². The van der Waals surface area contributed by atoms with Gasteiger partial charge in [-0.3, -0.25) is 9.59 Å². The number of hydrogen-bond donors (Lipinski definition) is 1. The smallest absolute Gasteiger partial charge is 0.291 e. The molecule has 0 atom stereocenters. The van der Waals surface area contributed by atoms with Gasteiger partial charge in [0.2, 0.25) is 21.7 Å². The van der Waals surface area contributed by atoms with Crippen molar-refractivity contribution in [2.24, 2.45) is 11.8 Å². The second-order valence-electron chi connectivity index (χ2n) is 10.3. The number of amides is 2. The van der Waals surface area contributed by atoms with Gasteiger partial charge in [-0.15, -0.1) is 0 Å². The van der Waals surface area contributed by atoms with Crippen LogP contribution in [0.4, 0.5) is 5.69 Å². The minimum absolute atomic E-state index is 0.156. The quantitative estimate of drug-likeness (QED) is 0.525. The zero-order chi connectivity index (χ0) is 26.2. The Hall–Kier alpha value is -3.17.